The molecular weight excluding hydrogens is 172 g/mol. The van der Waals surface area contributed by atoms with Gasteiger partial charge in [0.25, 0.3) is 0 Å². The van der Waals surface area contributed by atoms with E-state index in [1.54, 1.807) is 0 Å². The van der Waals surface area contributed by atoms with Gasteiger partial charge in [0, 0.05) is 23.8 Å². The van der Waals surface area contributed by atoms with Crippen molar-refractivity contribution >= 4 is 11.4 Å². The van der Waals surface area contributed by atoms with Crippen LogP contribution in [0, 0.1) is 5.41 Å². The maximum Gasteiger partial charge on any atom is 0.0378 e. The van der Waals surface area contributed by atoms with Crippen LogP contribution in [0.25, 0.3) is 0 Å². The molecule has 1 atom stereocenters. The van der Waals surface area contributed by atoms with Crippen molar-refractivity contribution in [2.24, 2.45) is 5.41 Å². The number of hydrogen-bond acceptors (Lipinski definition) is 2. The van der Waals surface area contributed by atoms with Gasteiger partial charge < -0.3 is 11.1 Å². The van der Waals surface area contributed by atoms with Crippen molar-refractivity contribution in [3.8, 4) is 0 Å². The highest BCUT2D eigenvalue weighted by Crippen LogP contribution is 2.43. The third kappa shape index (κ3) is 1.45. The van der Waals surface area contributed by atoms with Gasteiger partial charge in [-0.05, 0) is 29.2 Å². The van der Waals surface area contributed by atoms with Crippen molar-refractivity contribution in [3.05, 3.63) is 23.8 Å². The zero-order valence-corrected chi connectivity index (χ0v) is 9.09. The molecule has 0 aliphatic carbocycles. The SMILES string of the molecule is CC(C)(C)C1CNc2ccc(N)cc21. The van der Waals surface area contributed by atoms with Crippen LogP contribution >= 0.6 is 0 Å². The maximum atomic E-state index is 5.81. The summed E-state index contributed by atoms with van der Waals surface area (Å²) in [5.74, 6) is 0.570. The molecule has 1 aromatic carbocycles. The van der Waals surface area contributed by atoms with Crippen molar-refractivity contribution in [1.82, 2.24) is 0 Å². The van der Waals surface area contributed by atoms with E-state index >= 15 is 0 Å². The smallest absolute Gasteiger partial charge is 0.0378 e. The minimum Gasteiger partial charge on any atom is -0.399 e. The lowest BCUT2D eigenvalue weighted by Gasteiger charge is -2.26. The molecule has 0 aromatic heterocycles. The fourth-order valence-electron chi connectivity index (χ4n) is 2.13. The molecule has 1 heterocycles. The summed E-state index contributed by atoms with van der Waals surface area (Å²) in [6.07, 6.45) is 0. The molecule has 0 saturated heterocycles. The molecule has 14 heavy (non-hydrogen) atoms. The fourth-order valence-corrected chi connectivity index (χ4v) is 2.13. The Kier molecular flexibility index (Phi) is 1.95. The average molecular weight is 190 g/mol. The molecule has 3 N–H and O–H groups in total. The lowest BCUT2D eigenvalue weighted by Crippen LogP contribution is -2.19. The van der Waals surface area contributed by atoms with Gasteiger partial charge in [0.15, 0.2) is 0 Å². The number of anilines is 2. The van der Waals surface area contributed by atoms with E-state index in [1.807, 2.05) is 6.07 Å². The second kappa shape index (κ2) is 2.91. The lowest BCUT2D eigenvalue weighted by atomic mass is 9.77. The van der Waals surface area contributed by atoms with E-state index in [0.717, 1.165) is 12.2 Å². The van der Waals surface area contributed by atoms with E-state index in [4.69, 9.17) is 5.73 Å². The molecule has 1 aliphatic heterocycles. The third-order valence-corrected chi connectivity index (χ3v) is 2.99. The van der Waals surface area contributed by atoms with Gasteiger partial charge in [0.05, 0.1) is 0 Å². The molecule has 2 heteroatoms. The van der Waals surface area contributed by atoms with Crippen molar-refractivity contribution in [1.29, 1.82) is 0 Å². The normalized spacial score (nSPS) is 20.4. The second-order valence-corrected chi connectivity index (χ2v) is 5.15. The molecule has 0 spiro atoms. The molecule has 76 valence electrons. The highest BCUT2D eigenvalue weighted by atomic mass is 14.9. The number of nitrogens with one attached hydrogen (secondary N) is 1. The van der Waals surface area contributed by atoms with Gasteiger partial charge in [-0.25, -0.2) is 0 Å². The van der Waals surface area contributed by atoms with Crippen LogP contribution in [-0.4, -0.2) is 6.54 Å². The van der Waals surface area contributed by atoms with Crippen LogP contribution in [0.5, 0.6) is 0 Å². The highest BCUT2D eigenvalue weighted by molar-refractivity contribution is 5.63. The van der Waals surface area contributed by atoms with Gasteiger partial charge in [-0.3, -0.25) is 0 Å². The summed E-state index contributed by atoms with van der Waals surface area (Å²) < 4.78 is 0. The summed E-state index contributed by atoms with van der Waals surface area (Å²) in [5.41, 5.74) is 9.59. The third-order valence-electron chi connectivity index (χ3n) is 2.99. The number of rotatable bonds is 0. The summed E-state index contributed by atoms with van der Waals surface area (Å²) in [7, 11) is 0. The molecule has 2 rings (SSSR count). The molecular formula is C12H18N2. The largest absolute Gasteiger partial charge is 0.399 e. The fraction of sp³-hybridized carbons (Fsp3) is 0.500. The molecule has 1 unspecified atom stereocenters. The maximum absolute atomic E-state index is 5.81. The minimum absolute atomic E-state index is 0.298. The summed E-state index contributed by atoms with van der Waals surface area (Å²) >= 11 is 0. The first kappa shape index (κ1) is 9.38. The number of fused-ring (bicyclic) bond motifs is 1. The van der Waals surface area contributed by atoms with Gasteiger partial charge in [-0.1, -0.05) is 20.8 Å². The molecule has 0 bridgehead atoms. The monoisotopic (exact) mass is 190 g/mol. The van der Waals surface area contributed by atoms with Crippen LogP contribution in [0.4, 0.5) is 11.4 Å². The van der Waals surface area contributed by atoms with Crippen molar-refractivity contribution in [2.75, 3.05) is 17.6 Å². The van der Waals surface area contributed by atoms with Gasteiger partial charge in [-0.15, -0.1) is 0 Å². The topological polar surface area (TPSA) is 38.0 Å². The minimum atomic E-state index is 0.298. The Labute approximate surface area is 85.5 Å². The molecule has 1 aromatic rings. The first-order valence-electron chi connectivity index (χ1n) is 5.12. The second-order valence-electron chi connectivity index (χ2n) is 5.15. The quantitative estimate of drug-likeness (QED) is 0.617. The Morgan fingerprint density at radius 3 is 2.71 bits per heavy atom. The van der Waals surface area contributed by atoms with E-state index in [9.17, 15) is 0 Å². The predicted molar refractivity (Wildman–Crippen MR) is 61.5 cm³/mol. The van der Waals surface area contributed by atoms with Crippen LogP contribution in [0.2, 0.25) is 0 Å². The van der Waals surface area contributed by atoms with E-state index < -0.39 is 0 Å². The Bertz CT molecular complexity index is 350. The Balaban J connectivity index is 2.43. The van der Waals surface area contributed by atoms with Gasteiger partial charge in [-0.2, -0.15) is 0 Å². The lowest BCUT2D eigenvalue weighted by molar-refractivity contribution is 0.339. The summed E-state index contributed by atoms with van der Waals surface area (Å²) in [4.78, 5) is 0. The molecule has 0 saturated carbocycles. The standard InChI is InChI=1S/C12H18N2/c1-12(2,3)10-7-14-11-5-4-8(13)6-9(10)11/h4-6,10,14H,7,13H2,1-3H3. The zero-order chi connectivity index (χ0) is 10.3. The number of benzene rings is 1. The van der Waals surface area contributed by atoms with Crippen molar-refractivity contribution in [2.45, 2.75) is 26.7 Å². The molecule has 2 nitrogen and oxygen atoms in total. The average Bonchev–Trinajstić information content (AvgIpc) is 2.45. The van der Waals surface area contributed by atoms with Gasteiger partial charge in [0.1, 0.15) is 0 Å². The van der Waals surface area contributed by atoms with Crippen LogP contribution in [0.15, 0.2) is 18.2 Å². The van der Waals surface area contributed by atoms with Crippen LogP contribution in [-0.2, 0) is 0 Å². The van der Waals surface area contributed by atoms with Crippen LogP contribution in [0.1, 0.15) is 32.3 Å². The van der Waals surface area contributed by atoms with Crippen molar-refractivity contribution < 1.29 is 0 Å². The number of nitrogen functional groups attached to an aromatic ring is 1. The number of nitrogens with two attached hydrogens (primary N) is 1. The first-order valence-corrected chi connectivity index (χ1v) is 5.12. The predicted octanol–water partition coefficient (Wildman–Crippen LogP) is 2.82. The summed E-state index contributed by atoms with van der Waals surface area (Å²) in [5, 5.41) is 3.43. The van der Waals surface area contributed by atoms with E-state index in [-0.39, 0.29) is 0 Å². The summed E-state index contributed by atoms with van der Waals surface area (Å²) in [6.45, 7) is 7.86. The van der Waals surface area contributed by atoms with Crippen molar-refractivity contribution in [3.63, 3.8) is 0 Å². The Hall–Kier alpha value is -1.18. The Morgan fingerprint density at radius 2 is 2.07 bits per heavy atom. The highest BCUT2D eigenvalue weighted by Gasteiger charge is 2.32. The molecule has 0 radical (unpaired) electrons. The molecule has 0 amide bonds. The first-order chi connectivity index (χ1) is 6.48. The Morgan fingerprint density at radius 1 is 1.36 bits per heavy atom. The molecule has 0 fully saturated rings. The van der Waals surface area contributed by atoms with E-state index in [2.05, 4.69) is 38.2 Å². The molecule has 1 aliphatic rings. The number of hydrogen-bond donors (Lipinski definition) is 2. The van der Waals surface area contributed by atoms with Crippen LogP contribution < -0.4 is 11.1 Å². The van der Waals surface area contributed by atoms with E-state index in [1.165, 1.54) is 11.3 Å². The van der Waals surface area contributed by atoms with Gasteiger partial charge in [0.2, 0.25) is 0 Å². The zero-order valence-electron chi connectivity index (χ0n) is 9.09. The van der Waals surface area contributed by atoms with E-state index in [0.29, 0.717) is 11.3 Å². The van der Waals surface area contributed by atoms with Crippen LogP contribution in [0.3, 0.4) is 0 Å². The van der Waals surface area contributed by atoms with Gasteiger partial charge >= 0.3 is 0 Å². The summed E-state index contributed by atoms with van der Waals surface area (Å²) in [6, 6.07) is 6.14.